The van der Waals surface area contributed by atoms with E-state index in [1.165, 1.54) is 0 Å². The number of rotatable bonds is 7. The van der Waals surface area contributed by atoms with Crippen molar-refractivity contribution in [3.05, 3.63) is 117 Å². The van der Waals surface area contributed by atoms with Crippen molar-refractivity contribution in [2.45, 2.75) is 25.8 Å². The maximum atomic E-state index is 13.6. The summed E-state index contributed by atoms with van der Waals surface area (Å²) in [5.74, 6) is 0.398. The number of ether oxygens (including phenoxy) is 1. The van der Waals surface area contributed by atoms with Gasteiger partial charge in [0.15, 0.2) is 0 Å². The van der Waals surface area contributed by atoms with Crippen LogP contribution in [0.25, 0.3) is 5.69 Å². The largest absolute Gasteiger partial charge is 0.426 e. The molecule has 0 saturated carbocycles. The monoisotopic (exact) mass is 559 g/mol. The van der Waals surface area contributed by atoms with E-state index in [-0.39, 0.29) is 11.5 Å². The molecule has 1 fully saturated rings. The maximum Gasteiger partial charge on any atom is 0.317 e. The van der Waals surface area contributed by atoms with E-state index in [2.05, 4.69) is 33.0 Å². The van der Waals surface area contributed by atoms with Crippen LogP contribution in [0, 0.1) is 5.41 Å². The molecule has 2 heterocycles. The third-order valence-electron chi connectivity index (χ3n) is 7.28. The molecule has 1 aliphatic rings. The smallest absolute Gasteiger partial charge is 0.317 e. The first kappa shape index (κ1) is 25.2. The predicted octanol–water partition coefficient (Wildman–Crippen LogP) is 5.37. The SMILES string of the molecule is Cn1c(CN2CCC(Cc3ccccc3)(C(=O)Oc3ccccc3)CC2)c(Br)c(=O)n1-c1ccccc1. The van der Waals surface area contributed by atoms with Crippen molar-refractivity contribution >= 4 is 21.9 Å². The molecule has 7 heteroatoms. The van der Waals surface area contributed by atoms with Gasteiger partial charge in [-0.3, -0.25) is 19.2 Å². The van der Waals surface area contributed by atoms with E-state index in [0.717, 1.165) is 30.0 Å². The standard InChI is InChI=1S/C30H30BrN3O3/c1-32-26(27(31)28(35)34(32)24-13-7-3-8-14-24)22-33-19-17-30(18-20-33,21-23-11-5-2-6-12-23)29(36)37-25-15-9-4-10-16-25/h2-16H,17-22H2,1H3. The number of esters is 1. The molecule has 1 saturated heterocycles. The van der Waals surface area contributed by atoms with Crippen molar-refractivity contribution in [3.63, 3.8) is 0 Å². The van der Waals surface area contributed by atoms with Gasteiger partial charge in [0.25, 0.3) is 5.56 Å². The van der Waals surface area contributed by atoms with Crippen molar-refractivity contribution in [1.29, 1.82) is 0 Å². The van der Waals surface area contributed by atoms with Gasteiger partial charge in [-0.15, -0.1) is 0 Å². The number of para-hydroxylation sites is 2. The molecule has 0 radical (unpaired) electrons. The number of piperidine rings is 1. The Morgan fingerprint density at radius 3 is 2.08 bits per heavy atom. The minimum Gasteiger partial charge on any atom is -0.426 e. The molecule has 0 amide bonds. The summed E-state index contributed by atoms with van der Waals surface area (Å²) < 4.78 is 10.0. The number of hydrogen-bond acceptors (Lipinski definition) is 4. The first-order chi connectivity index (χ1) is 18.0. The van der Waals surface area contributed by atoms with Crippen LogP contribution in [0.3, 0.4) is 0 Å². The summed E-state index contributed by atoms with van der Waals surface area (Å²) in [6.07, 6.45) is 2.00. The van der Waals surface area contributed by atoms with Gasteiger partial charge in [-0.05, 0) is 78.1 Å². The Morgan fingerprint density at radius 2 is 1.46 bits per heavy atom. The Morgan fingerprint density at radius 1 is 0.892 bits per heavy atom. The van der Waals surface area contributed by atoms with E-state index in [9.17, 15) is 9.59 Å². The van der Waals surface area contributed by atoms with Crippen LogP contribution in [0.5, 0.6) is 5.75 Å². The Hall–Kier alpha value is -3.42. The molecule has 0 bridgehead atoms. The summed E-state index contributed by atoms with van der Waals surface area (Å²) in [6.45, 7) is 2.07. The van der Waals surface area contributed by atoms with E-state index in [1.807, 2.05) is 90.6 Å². The minimum absolute atomic E-state index is 0.0782. The number of likely N-dealkylation sites (tertiary alicyclic amines) is 1. The molecule has 0 spiro atoms. The number of hydrogen-bond donors (Lipinski definition) is 0. The quantitative estimate of drug-likeness (QED) is 0.225. The average Bonchev–Trinajstić information content (AvgIpc) is 3.14. The topological polar surface area (TPSA) is 56.5 Å². The number of aromatic nitrogens is 2. The van der Waals surface area contributed by atoms with Gasteiger partial charge in [0.1, 0.15) is 10.2 Å². The highest BCUT2D eigenvalue weighted by Crippen LogP contribution is 2.38. The first-order valence-electron chi connectivity index (χ1n) is 12.5. The fourth-order valence-corrected chi connectivity index (χ4v) is 5.69. The van der Waals surface area contributed by atoms with Crippen molar-refractivity contribution in [1.82, 2.24) is 14.3 Å². The molecular weight excluding hydrogens is 530 g/mol. The minimum atomic E-state index is -0.604. The molecule has 0 N–H and O–H groups in total. The molecule has 37 heavy (non-hydrogen) atoms. The average molecular weight is 560 g/mol. The second kappa shape index (κ2) is 10.9. The molecule has 1 aromatic heterocycles. The van der Waals surface area contributed by atoms with E-state index < -0.39 is 5.41 Å². The zero-order valence-corrected chi connectivity index (χ0v) is 22.4. The van der Waals surface area contributed by atoms with Gasteiger partial charge in [-0.1, -0.05) is 66.7 Å². The fraction of sp³-hybridized carbons (Fsp3) is 0.267. The van der Waals surface area contributed by atoms with E-state index in [0.29, 0.717) is 36.0 Å². The van der Waals surface area contributed by atoms with Gasteiger partial charge >= 0.3 is 5.97 Å². The Balaban J connectivity index is 1.35. The van der Waals surface area contributed by atoms with Gasteiger partial charge < -0.3 is 4.74 Å². The third kappa shape index (κ3) is 5.33. The molecule has 1 aliphatic heterocycles. The zero-order valence-electron chi connectivity index (χ0n) is 20.8. The highest BCUT2D eigenvalue weighted by molar-refractivity contribution is 9.10. The summed E-state index contributed by atoms with van der Waals surface area (Å²) in [6, 6.07) is 29.1. The summed E-state index contributed by atoms with van der Waals surface area (Å²) >= 11 is 3.55. The normalized spacial score (nSPS) is 15.4. The molecule has 4 aromatic rings. The summed E-state index contributed by atoms with van der Waals surface area (Å²) in [7, 11) is 1.91. The highest BCUT2D eigenvalue weighted by atomic mass is 79.9. The number of nitrogens with zero attached hydrogens (tertiary/aromatic N) is 3. The van der Waals surface area contributed by atoms with Crippen LogP contribution >= 0.6 is 15.9 Å². The lowest BCUT2D eigenvalue weighted by molar-refractivity contribution is -0.149. The lowest BCUT2D eigenvalue weighted by Gasteiger charge is -2.40. The Bertz CT molecular complexity index is 1410. The van der Waals surface area contributed by atoms with E-state index >= 15 is 0 Å². The van der Waals surface area contributed by atoms with Gasteiger partial charge in [0, 0.05) is 13.6 Å². The Kier molecular flexibility index (Phi) is 7.44. The second-order valence-corrected chi connectivity index (χ2v) is 10.5. The summed E-state index contributed by atoms with van der Waals surface area (Å²) in [5.41, 5.74) is 2.19. The lowest BCUT2D eigenvalue weighted by Crippen LogP contribution is -2.47. The number of carbonyl (C=O) groups is 1. The number of benzene rings is 3. The highest BCUT2D eigenvalue weighted by Gasteiger charge is 2.43. The summed E-state index contributed by atoms with van der Waals surface area (Å²) in [5, 5.41) is 0. The number of carbonyl (C=O) groups excluding carboxylic acids is 1. The maximum absolute atomic E-state index is 13.6. The van der Waals surface area contributed by atoms with E-state index in [4.69, 9.17) is 4.74 Å². The molecular formula is C30H30BrN3O3. The van der Waals surface area contributed by atoms with Crippen LogP contribution in [0.4, 0.5) is 0 Å². The lowest BCUT2D eigenvalue weighted by atomic mass is 9.73. The van der Waals surface area contributed by atoms with Crippen LogP contribution in [0.1, 0.15) is 24.1 Å². The van der Waals surface area contributed by atoms with E-state index in [1.54, 1.807) is 4.68 Å². The fourth-order valence-electron chi connectivity index (χ4n) is 5.14. The van der Waals surface area contributed by atoms with Crippen molar-refractivity contribution in [3.8, 4) is 11.4 Å². The summed E-state index contributed by atoms with van der Waals surface area (Å²) in [4.78, 5) is 28.9. The van der Waals surface area contributed by atoms with Gasteiger partial charge in [0.05, 0.1) is 16.8 Å². The van der Waals surface area contributed by atoms with Crippen LogP contribution in [0.15, 0.2) is 100 Å². The van der Waals surface area contributed by atoms with Gasteiger partial charge in [-0.25, -0.2) is 4.68 Å². The van der Waals surface area contributed by atoms with Crippen LogP contribution in [-0.2, 0) is 24.8 Å². The molecule has 0 unspecified atom stereocenters. The van der Waals surface area contributed by atoms with Gasteiger partial charge in [-0.2, -0.15) is 0 Å². The number of halogens is 1. The van der Waals surface area contributed by atoms with Gasteiger partial charge in [0.2, 0.25) is 0 Å². The molecule has 190 valence electrons. The molecule has 5 rings (SSSR count). The first-order valence-corrected chi connectivity index (χ1v) is 13.3. The van der Waals surface area contributed by atoms with Crippen LogP contribution < -0.4 is 10.3 Å². The van der Waals surface area contributed by atoms with Crippen molar-refractivity contribution in [2.24, 2.45) is 12.5 Å². The molecule has 0 aliphatic carbocycles. The zero-order chi connectivity index (χ0) is 25.8. The van der Waals surface area contributed by atoms with Crippen LogP contribution in [0.2, 0.25) is 0 Å². The Labute approximate surface area is 225 Å². The molecule has 6 nitrogen and oxygen atoms in total. The predicted molar refractivity (Wildman–Crippen MR) is 148 cm³/mol. The van der Waals surface area contributed by atoms with Crippen LogP contribution in [-0.4, -0.2) is 33.3 Å². The van der Waals surface area contributed by atoms with Crippen molar-refractivity contribution < 1.29 is 9.53 Å². The molecule has 3 aromatic carbocycles. The third-order valence-corrected chi connectivity index (χ3v) is 8.08. The molecule has 0 atom stereocenters. The second-order valence-electron chi connectivity index (χ2n) is 9.66. The van der Waals surface area contributed by atoms with Crippen molar-refractivity contribution in [2.75, 3.05) is 13.1 Å².